The molecule has 0 aliphatic carbocycles. The molecule has 6 nitrogen and oxygen atoms in total. The topological polar surface area (TPSA) is 95.5 Å². The van der Waals surface area contributed by atoms with Crippen LogP contribution in [-0.2, 0) is 14.8 Å². The van der Waals surface area contributed by atoms with Crippen LogP contribution in [0.15, 0.2) is 29.2 Å². The summed E-state index contributed by atoms with van der Waals surface area (Å²) in [6, 6.07) is 6.16. The Kier molecular flexibility index (Phi) is 5.31. The number of hydrogen-bond acceptors (Lipinski definition) is 4. The van der Waals surface area contributed by atoms with Gasteiger partial charge in [0, 0.05) is 12.2 Å². The van der Waals surface area contributed by atoms with Gasteiger partial charge in [0.25, 0.3) is 0 Å². The Morgan fingerprint density at radius 1 is 1.32 bits per heavy atom. The quantitative estimate of drug-likeness (QED) is 0.698. The van der Waals surface area contributed by atoms with Gasteiger partial charge in [0.2, 0.25) is 10.0 Å². The number of aliphatic carboxylic acids is 1. The minimum absolute atomic E-state index is 0.172. The summed E-state index contributed by atoms with van der Waals surface area (Å²) < 4.78 is 25.2. The third-order valence-corrected chi connectivity index (χ3v) is 4.26. The van der Waals surface area contributed by atoms with Crippen molar-refractivity contribution >= 4 is 21.7 Å². The average Bonchev–Trinajstić information content (AvgIpc) is 2.39. The molecule has 0 aliphatic rings. The normalized spacial score (nSPS) is 12.9. The highest BCUT2D eigenvalue weighted by Gasteiger charge is 2.15. The molecule has 0 saturated carbocycles. The van der Waals surface area contributed by atoms with E-state index in [4.69, 9.17) is 5.11 Å². The van der Waals surface area contributed by atoms with Crippen molar-refractivity contribution in [3.8, 4) is 0 Å². The minimum atomic E-state index is -3.44. The predicted octanol–water partition coefficient (Wildman–Crippen LogP) is 1.12. The first-order valence-corrected chi connectivity index (χ1v) is 7.39. The molecule has 0 spiro atoms. The molecule has 0 bridgehead atoms. The Morgan fingerprint density at radius 2 is 1.89 bits per heavy atom. The van der Waals surface area contributed by atoms with Crippen LogP contribution in [-0.4, -0.2) is 33.1 Å². The standard InChI is InChI=1S/C12H18N2O4S/c1-3-9(12(15)16)8-14-10-4-6-11(7-5-10)19(17,18)13-2/h4-7,9,13-14H,3,8H2,1-2H3,(H,15,16). The summed E-state index contributed by atoms with van der Waals surface area (Å²) in [6.07, 6.45) is 0.536. The molecule has 106 valence electrons. The van der Waals surface area contributed by atoms with Crippen LogP contribution in [0.2, 0.25) is 0 Å². The number of rotatable bonds is 7. The maximum atomic E-state index is 11.5. The van der Waals surface area contributed by atoms with Crippen molar-refractivity contribution < 1.29 is 18.3 Å². The summed E-state index contributed by atoms with van der Waals surface area (Å²) in [5.41, 5.74) is 0.690. The first-order valence-electron chi connectivity index (χ1n) is 5.91. The average molecular weight is 286 g/mol. The van der Waals surface area contributed by atoms with Gasteiger partial charge < -0.3 is 10.4 Å². The third-order valence-electron chi connectivity index (χ3n) is 2.83. The Labute approximate surface area is 112 Å². The first-order chi connectivity index (χ1) is 8.90. The van der Waals surface area contributed by atoms with Crippen LogP contribution in [0.3, 0.4) is 0 Å². The van der Waals surface area contributed by atoms with Gasteiger partial charge in [-0.3, -0.25) is 4.79 Å². The molecule has 0 fully saturated rings. The third kappa shape index (κ3) is 4.22. The molecule has 3 N–H and O–H groups in total. The molecule has 0 amide bonds. The number of nitrogens with one attached hydrogen (secondary N) is 2. The van der Waals surface area contributed by atoms with Gasteiger partial charge >= 0.3 is 5.97 Å². The molecule has 0 radical (unpaired) electrons. The van der Waals surface area contributed by atoms with Crippen molar-refractivity contribution in [2.75, 3.05) is 18.9 Å². The highest BCUT2D eigenvalue weighted by atomic mass is 32.2. The fraction of sp³-hybridized carbons (Fsp3) is 0.417. The molecule has 0 aliphatic heterocycles. The van der Waals surface area contributed by atoms with Gasteiger partial charge in [-0.1, -0.05) is 6.92 Å². The number of sulfonamides is 1. The van der Waals surface area contributed by atoms with E-state index in [0.717, 1.165) is 0 Å². The number of carboxylic acid groups (broad SMARTS) is 1. The Morgan fingerprint density at radius 3 is 2.32 bits per heavy atom. The van der Waals surface area contributed by atoms with Crippen LogP contribution in [0, 0.1) is 5.92 Å². The van der Waals surface area contributed by atoms with E-state index in [1.54, 1.807) is 12.1 Å². The van der Waals surface area contributed by atoms with Crippen molar-refractivity contribution in [2.45, 2.75) is 18.2 Å². The van der Waals surface area contributed by atoms with Gasteiger partial charge in [-0.25, -0.2) is 13.1 Å². The maximum Gasteiger partial charge on any atom is 0.308 e. The fourth-order valence-electron chi connectivity index (χ4n) is 1.52. The lowest BCUT2D eigenvalue weighted by Crippen LogP contribution is -2.22. The van der Waals surface area contributed by atoms with Crippen LogP contribution in [0.1, 0.15) is 13.3 Å². The molecule has 1 aromatic carbocycles. The van der Waals surface area contributed by atoms with Crippen LogP contribution in [0.25, 0.3) is 0 Å². The van der Waals surface area contributed by atoms with E-state index in [9.17, 15) is 13.2 Å². The van der Waals surface area contributed by atoms with Crippen LogP contribution < -0.4 is 10.0 Å². The molecular weight excluding hydrogens is 268 g/mol. The number of benzene rings is 1. The number of anilines is 1. The lowest BCUT2D eigenvalue weighted by atomic mass is 10.1. The second kappa shape index (κ2) is 6.53. The lowest BCUT2D eigenvalue weighted by molar-refractivity contribution is -0.141. The van der Waals surface area contributed by atoms with Gasteiger partial charge in [-0.2, -0.15) is 0 Å². The lowest BCUT2D eigenvalue weighted by Gasteiger charge is -2.12. The van der Waals surface area contributed by atoms with Crippen molar-refractivity contribution in [1.82, 2.24) is 4.72 Å². The van der Waals surface area contributed by atoms with Gasteiger partial charge in [0.05, 0.1) is 10.8 Å². The minimum Gasteiger partial charge on any atom is -0.481 e. The van der Waals surface area contributed by atoms with Crippen molar-refractivity contribution in [3.63, 3.8) is 0 Å². The largest absolute Gasteiger partial charge is 0.481 e. The Bertz CT molecular complexity index is 525. The Balaban J connectivity index is 2.70. The second-order valence-electron chi connectivity index (χ2n) is 4.06. The summed E-state index contributed by atoms with van der Waals surface area (Å²) >= 11 is 0. The summed E-state index contributed by atoms with van der Waals surface area (Å²) in [5.74, 6) is -1.30. The highest BCUT2D eigenvalue weighted by molar-refractivity contribution is 7.89. The molecule has 0 heterocycles. The van der Waals surface area contributed by atoms with E-state index in [0.29, 0.717) is 18.7 Å². The molecule has 1 atom stereocenters. The van der Waals surface area contributed by atoms with Crippen LogP contribution in [0.4, 0.5) is 5.69 Å². The molecule has 0 aromatic heterocycles. The summed E-state index contributed by atoms with van der Waals surface area (Å²) in [5, 5.41) is 11.9. The zero-order chi connectivity index (χ0) is 14.5. The van der Waals surface area contributed by atoms with Crippen molar-refractivity contribution in [1.29, 1.82) is 0 Å². The highest BCUT2D eigenvalue weighted by Crippen LogP contribution is 2.14. The molecule has 1 aromatic rings. The molecule has 19 heavy (non-hydrogen) atoms. The van der Waals surface area contributed by atoms with Gasteiger partial charge in [0.1, 0.15) is 0 Å². The van der Waals surface area contributed by atoms with E-state index in [1.165, 1.54) is 19.2 Å². The molecule has 7 heteroatoms. The van der Waals surface area contributed by atoms with Gasteiger partial charge in [0.15, 0.2) is 0 Å². The molecule has 1 rings (SSSR count). The summed E-state index contributed by atoms with van der Waals surface area (Å²) in [7, 11) is -2.09. The maximum absolute atomic E-state index is 11.5. The SMILES string of the molecule is CCC(CNc1ccc(S(=O)(=O)NC)cc1)C(=O)O. The van der Waals surface area contributed by atoms with E-state index >= 15 is 0 Å². The molecule has 1 unspecified atom stereocenters. The number of hydrogen-bond donors (Lipinski definition) is 3. The predicted molar refractivity (Wildman–Crippen MR) is 72.6 cm³/mol. The van der Waals surface area contributed by atoms with Gasteiger partial charge in [-0.15, -0.1) is 0 Å². The van der Waals surface area contributed by atoms with E-state index in [2.05, 4.69) is 10.0 Å². The van der Waals surface area contributed by atoms with Crippen LogP contribution in [0.5, 0.6) is 0 Å². The van der Waals surface area contributed by atoms with E-state index in [-0.39, 0.29) is 4.90 Å². The molecular formula is C12H18N2O4S. The van der Waals surface area contributed by atoms with E-state index in [1.807, 2.05) is 6.92 Å². The van der Waals surface area contributed by atoms with E-state index < -0.39 is 21.9 Å². The number of carbonyl (C=O) groups is 1. The zero-order valence-corrected chi connectivity index (χ0v) is 11.7. The smallest absolute Gasteiger partial charge is 0.308 e. The monoisotopic (exact) mass is 286 g/mol. The van der Waals surface area contributed by atoms with Crippen LogP contribution >= 0.6 is 0 Å². The zero-order valence-electron chi connectivity index (χ0n) is 10.9. The molecule has 0 saturated heterocycles. The number of carboxylic acids is 1. The van der Waals surface area contributed by atoms with Crippen molar-refractivity contribution in [2.24, 2.45) is 5.92 Å². The second-order valence-corrected chi connectivity index (χ2v) is 5.94. The van der Waals surface area contributed by atoms with Gasteiger partial charge in [-0.05, 0) is 37.7 Å². The summed E-state index contributed by atoms with van der Waals surface area (Å²) in [4.78, 5) is 11.0. The summed E-state index contributed by atoms with van der Waals surface area (Å²) in [6.45, 7) is 2.12. The Hall–Kier alpha value is -1.60. The fourth-order valence-corrected chi connectivity index (χ4v) is 2.25. The van der Waals surface area contributed by atoms with Crippen molar-refractivity contribution in [3.05, 3.63) is 24.3 Å². The first kappa shape index (κ1) is 15.5.